The number of nitrogens with zero attached hydrogens (tertiary/aromatic N) is 2. The van der Waals surface area contributed by atoms with Gasteiger partial charge in [-0.2, -0.15) is 0 Å². The van der Waals surface area contributed by atoms with E-state index in [1.165, 1.54) is 29.5 Å². The Labute approximate surface area is 106 Å². The van der Waals surface area contributed by atoms with Gasteiger partial charge in [-0.1, -0.05) is 0 Å². The zero-order valence-electron chi connectivity index (χ0n) is 9.11. The van der Waals surface area contributed by atoms with Crippen LogP contribution >= 0.6 is 11.3 Å². The number of benzene rings is 1. The first-order chi connectivity index (χ1) is 8.70. The van der Waals surface area contributed by atoms with Crippen LogP contribution in [0.4, 0.5) is 5.69 Å². The Kier molecular flexibility index (Phi) is 3.63. The van der Waals surface area contributed by atoms with Crippen molar-refractivity contribution < 1.29 is 14.5 Å². The number of carbonyl (C=O) groups excluding carboxylic acids is 1. The van der Waals surface area contributed by atoms with E-state index in [0.29, 0.717) is 16.9 Å². The van der Waals surface area contributed by atoms with E-state index >= 15 is 0 Å². The van der Waals surface area contributed by atoms with Gasteiger partial charge in [0, 0.05) is 23.2 Å². The molecule has 0 N–H and O–H groups in total. The van der Waals surface area contributed by atoms with Gasteiger partial charge < -0.3 is 4.74 Å². The third kappa shape index (κ3) is 2.69. The Morgan fingerprint density at radius 1 is 1.50 bits per heavy atom. The van der Waals surface area contributed by atoms with Crippen LogP contribution in [0, 0.1) is 10.1 Å². The molecular weight excluding hydrogens is 256 g/mol. The molecule has 92 valence electrons. The lowest BCUT2D eigenvalue weighted by atomic mass is 10.2. The van der Waals surface area contributed by atoms with Crippen LogP contribution in [-0.2, 0) is 6.61 Å². The van der Waals surface area contributed by atoms with Gasteiger partial charge >= 0.3 is 5.69 Å². The van der Waals surface area contributed by atoms with Gasteiger partial charge in [0.05, 0.1) is 4.92 Å². The third-order valence-electron chi connectivity index (χ3n) is 2.15. The number of aldehydes is 1. The first-order valence-corrected chi connectivity index (χ1v) is 5.83. The Morgan fingerprint density at radius 2 is 2.33 bits per heavy atom. The topological polar surface area (TPSA) is 82.3 Å². The Balaban J connectivity index is 2.23. The van der Waals surface area contributed by atoms with Gasteiger partial charge in [-0.15, -0.1) is 11.3 Å². The van der Waals surface area contributed by atoms with Crippen molar-refractivity contribution in [3.63, 3.8) is 0 Å². The summed E-state index contributed by atoms with van der Waals surface area (Å²) in [4.78, 5) is 24.9. The minimum absolute atomic E-state index is 0.0693. The zero-order chi connectivity index (χ0) is 13.0. The molecule has 0 atom stereocenters. The van der Waals surface area contributed by atoms with Crippen LogP contribution in [0.15, 0.2) is 29.8 Å². The van der Waals surface area contributed by atoms with Crippen molar-refractivity contribution in [2.45, 2.75) is 6.61 Å². The fraction of sp³-hybridized carbons (Fsp3) is 0.0909. The van der Waals surface area contributed by atoms with E-state index in [1.54, 1.807) is 11.6 Å². The molecule has 0 unspecified atom stereocenters. The fourth-order valence-corrected chi connectivity index (χ4v) is 1.86. The third-order valence-corrected chi connectivity index (χ3v) is 2.90. The van der Waals surface area contributed by atoms with Gasteiger partial charge in [-0.25, -0.2) is 4.98 Å². The molecule has 0 amide bonds. The van der Waals surface area contributed by atoms with Crippen LogP contribution in [0.2, 0.25) is 0 Å². The van der Waals surface area contributed by atoms with Gasteiger partial charge in [0.25, 0.3) is 0 Å². The Bertz CT molecular complexity index is 568. The van der Waals surface area contributed by atoms with E-state index < -0.39 is 4.92 Å². The molecule has 0 saturated heterocycles. The molecule has 2 aromatic rings. The molecule has 0 bridgehead atoms. The summed E-state index contributed by atoms with van der Waals surface area (Å²) in [5, 5.41) is 13.3. The van der Waals surface area contributed by atoms with Crippen LogP contribution in [0.3, 0.4) is 0 Å². The molecule has 0 aliphatic carbocycles. The summed E-state index contributed by atoms with van der Waals surface area (Å²) in [5.41, 5.74) is 0.159. The lowest BCUT2D eigenvalue weighted by Crippen LogP contribution is -1.99. The summed E-state index contributed by atoms with van der Waals surface area (Å²) in [6.45, 7) is 0.140. The van der Waals surface area contributed by atoms with Crippen molar-refractivity contribution in [1.82, 2.24) is 4.98 Å². The molecule has 0 aliphatic rings. The van der Waals surface area contributed by atoms with E-state index in [-0.39, 0.29) is 18.0 Å². The van der Waals surface area contributed by atoms with Crippen molar-refractivity contribution in [3.05, 3.63) is 50.5 Å². The summed E-state index contributed by atoms with van der Waals surface area (Å²) in [6.07, 6.45) is 2.24. The molecule has 18 heavy (non-hydrogen) atoms. The highest BCUT2D eigenvalue weighted by atomic mass is 32.1. The zero-order valence-corrected chi connectivity index (χ0v) is 9.92. The van der Waals surface area contributed by atoms with Crippen LogP contribution in [0.1, 0.15) is 15.4 Å². The van der Waals surface area contributed by atoms with Crippen molar-refractivity contribution in [2.24, 2.45) is 0 Å². The largest absolute Gasteiger partial charge is 0.479 e. The lowest BCUT2D eigenvalue weighted by Gasteiger charge is -2.05. The summed E-state index contributed by atoms with van der Waals surface area (Å²) in [6, 6.07) is 3.97. The lowest BCUT2D eigenvalue weighted by molar-refractivity contribution is -0.385. The van der Waals surface area contributed by atoms with Crippen molar-refractivity contribution in [1.29, 1.82) is 0 Å². The average Bonchev–Trinajstić information content (AvgIpc) is 2.88. The number of nitro groups is 1. The predicted molar refractivity (Wildman–Crippen MR) is 64.9 cm³/mol. The number of ether oxygens (including phenoxy) is 1. The molecule has 2 rings (SSSR count). The van der Waals surface area contributed by atoms with E-state index in [0.717, 1.165) is 0 Å². The number of aromatic nitrogens is 1. The second-order valence-corrected chi connectivity index (χ2v) is 4.30. The minimum Gasteiger partial charge on any atom is -0.479 e. The number of thiazole rings is 1. The monoisotopic (exact) mass is 264 g/mol. The molecule has 0 aliphatic heterocycles. The highest BCUT2D eigenvalue weighted by Gasteiger charge is 2.15. The normalized spacial score (nSPS) is 10.0. The van der Waals surface area contributed by atoms with Crippen LogP contribution in [0.5, 0.6) is 5.75 Å². The standard InChI is InChI=1S/C11H8N2O4S/c14-6-8-1-2-9(13(15)16)10(5-8)17-7-11-12-3-4-18-11/h1-6H,7H2. The Hall–Kier alpha value is -2.28. The number of nitro benzene ring substituents is 1. The summed E-state index contributed by atoms with van der Waals surface area (Å²) >= 11 is 1.39. The first-order valence-electron chi connectivity index (χ1n) is 4.95. The van der Waals surface area contributed by atoms with E-state index in [1.807, 2.05) is 0 Å². The predicted octanol–water partition coefficient (Wildman–Crippen LogP) is 2.44. The maximum atomic E-state index is 10.8. The molecule has 1 aromatic heterocycles. The molecular formula is C11H8N2O4S. The van der Waals surface area contributed by atoms with Gasteiger partial charge in [0.1, 0.15) is 17.9 Å². The molecule has 0 fully saturated rings. The maximum Gasteiger partial charge on any atom is 0.310 e. The van der Waals surface area contributed by atoms with Crippen LogP contribution < -0.4 is 4.74 Å². The minimum atomic E-state index is -0.550. The molecule has 0 spiro atoms. The van der Waals surface area contributed by atoms with Crippen molar-refractivity contribution in [2.75, 3.05) is 0 Å². The highest BCUT2D eigenvalue weighted by molar-refractivity contribution is 7.09. The number of hydrogen-bond acceptors (Lipinski definition) is 6. The summed E-state index contributed by atoms with van der Waals surface area (Å²) < 4.78 is 5.33. The van der Waals surface area contributed by atoms with Gasteiger partial charge in [-0.05, 0) is 12.1 Å². The first kappa shape index (κ1) is 12.2. The van der Waals surface area contributed by atoms with Crippen molar-refractivity contribution >= 4 is 23.3 Å². The second-order valence-electron chi connectivity index (χ2n) is 3.32. The number of hydrogen-bond donors (Lipinski definition) is 0. The molecule has 1 heterocycles. The molecule has 6 nitrogen and oxygen atoms in total. The molecule has 7 heteroatoms. The molecule has 1 aromatic carbocycles. The smallest absolute Gasteiger partial charge is 0.310 e. The van der Waals surface area contributed by atoms with Gasteiger partial charge in [0.2, 0.25) is 0 Å². The van der Waals surface area contributed by atoms with Crippen LogP contribution in [0.25, 0.3) is 0 Å². The van der Waals surface area contributed by atoms with E-state index in [2.05, 4.69) is 4.98 Å². The van der Waals surface area contributed by atoms with E-state index in [4.69, 9.17) is 4.74 Å². The van der Waals surface area contributed by atoms with Gasteiger partial charge in [-0.3, -0.25) is 14.9 Å². The summed E-state index contributed by atoms with van der Waals surface area (Å²) in [7, 11) is 0. The van der Waals surface area contributed by atoms with E-state index in [9.17, 15) is 14.9 Å². The second kappa shape index (κ2) is 5.37. The molecule has 0 radical (unpaired) electrons. The quantitative estimate of drug-likeness (QED) is 0.470. The SMILES string of the molecule is O=Cc1ccc([N+](=O)[O-])c(OCc2nccs2)c1. The van der Waals surface area contributed by atoms with Crippen LogP contribution in [-0.4, -0.2) is 16.2 Å². The highest BCUT2D eigenvalue weighted by Crippen LogP contribution is 2.28. The maximum absolute atomic E-state index is 10.8. The average molecular weight is 264 g/mol. The summed E-state index contributed by atoms with van der Waals surface area (Å²) in [5.74, 6) is 0.0693. The number of rotatable bonds is 5. The van der Waals surface area contributed by atoms with Gasteiger partial charge in [0.15, 0.2) is 5.75 Å². The van der Waals surface area contributed by atoms with Crippen molar-refractivity contribution in [3.8, 4) is 5.75 Å². The number of carbonyl (C=O) groups is 1. The fourth-order valence-electron chi connectivity index (χ4n) is 1.33. The molecule has 0 saturated carbocycles. The Morgan fingerprint density at radius 3 is 2.94 bits per heavy atom.